The molecule has 0 amide bonds. The highest BCUT2D eigenvalue weighted by atomic mass is 31.2. The van der Waals surface area contributed by atoms with Crippen LogP contribution in [0.4, 0.5) is 0 Å². The zero-order valence-corrected chi connectivity index (χ0v) is 9.81. The number of hydrogen-bond acceptors (Lipinski definition) is 3. The number of rotatable bonds is 2. The second kappa shape index (κ2) is 4.22. The topological polar surface area (TPSA) is 47.6 Å². The van der Waals surface area contributed by atoms with Crippen LogP contribution in [0.3, 0.4) is 0 Å². The van der Waals surface area contributed by atoms with E-state index in [4.69, 9.17) is 9.05 Å². The molecule has 3 atom stereocenters. The van der Waals surface area contributed by atoms with Crippen LogP contribution in [0, 0.1) is 5.92 Å². The van der Waals surface area contributed by atoms with E-state index in [1.807, 2.05) is 32.1 Å². The maximum atomic E-state index is 12.1. The summed E-state index contributed by atoms with van der Waals surface area (Å²) < 4.78 is 22.7. The summed E-state index contributed by atoms with van der Waals surface area (Å²) in [6, 6.07) is 0.0633. The standard InChI is InChI=1S/C10H16NO3P/c1-8(2)14-15(12)11-10-6-4-3-5-9(10)7-13-15/h3-6,8-10H,7H2,1-2H3,(H,11,12). The molecule has 0 bridgehead atoms. The van der Waals surface area contributed by atoms with E-state index in [1.165, 1.54) is 0 Å². The predicted octanol–water partition coefficient (Wildman–Crippen LogP) is 2.25. The molecule has 5 heteroatoms. The summed E-state index contributed by atoms with van der Waals surface area (Å²) in [5.74, 6) is 0.257. The molecule has 1 aliphatic carbocycles. The highest BCUT2D eigenvalue weighted by Crippen LogP contribution is 2.49. The van der Waals surface area contributed by atoms with Gasteiger partial charge < -0.3 is 0 Å². The van der Waals surface area contributed by atoms with Gasteiger partial charge in [0.15, 0.2) is 0 Å². The lowest BCUT2D eigenvalue weighted by molar-refractivity contribution is 0.125. The van der Waals surface area contributed by atoms with Gasteiger partial charge in [-0.05, 0) is 13.8 Å². The fourth-order valence-electron chi connectivity index (χ4n) is 1.69. The average molecular weight is 229 g/mol. The molecule has 1 N–H and O–H groups in total. The molecule has 84 valence electrons. The first-order chi connectivity index (χ1) is 7.09. The Morgan fingerprint density at radius 3 is 2.93 bits per heavy atom. The van der Waals surface area contributed by atoms with E-state index in [9.17, 15) is 4.57 Å². The molecular weight excluding hydrogens is 213 g/mol. The van der Waals surface area contributed by atoms with Crippen LogP contribution in [0.25, 0.3) is 0 Å². The Labute approximate surface area is 89.9 Å². The first-order valence-corrected chi connectivity index (χ1v) is 6.69. The van der Waals surface area contributed by atoms with Crippen molar-refractivity contribution in [1.29, 1.82) is 0 Å². The summed E-state index contributed by atoms with van der Waals surface area (Å²) in [6.07, 6.45) is 7.85. The normalized spacial score (nSPS) is 39.4. The lowest BCUT2D eigenvalue weighted by atomic mass is 9.97. The van der Waals surface area contributed by atoms with Crippen molar-refractivity contribution in [1.82, 2.24) is 5.09 Å². The minimum absolute atomic E-state index is 0.0633. The third kappa shape index (κ3) is 2.58. The Bertz CT molecular complexity index is 338. The molecule has 0 radical (unpaired) electrons. The van der Waals surface area contributed by atoms with E-state index in [0.29, 0.717) is 6.61 Å². The van der Waals surface area contributed by atoms with Crippen LogP contribution in [0.2, 0.25) is 0 Å². The van der Waals surface area contributed by atoms with Crippen molar-refractivity contribution in [2.24, 2.45) is 5.92 Å². The molecule has 2 aliphatic rings. The predicted molar refractivity (Wildman–Crippen MR) is 58.5 cm³/mol. The molecule has 1 saturated heterocycles. The van der Waals surface area contributed by atoms with Gasteiger partial charge in [-0.15, -0.1) is 0 Å². The van der Waals surface area contributed by atoms with Crippen molar-refractivity contribution in [3.8, 4) is 0 Å². The van der Waals surface area contributed by atoms with Crippen LogP contribution < -0.4 is 5.09 Å². The van der Waals surface area contributed by atoms with E-state index in [2.05, 4.69) is 11.2 Å². The third-order valence-electron chi connectivity index (χ3n) is 2.34. The van der Waals surface area contributed by atoms with Gasteiger partial charge in [0.2, 0.25) is 0 Å². The monoisotopic (exact) mass is 229 g/mol. The molecule has 0 saturated carbocycles. The molecule has 2 rings (SSSR count). The fourth-order valence-corrected chi connectivity index (χ4v) is 3.46. The number of nitrogens with one attached hydrogen (secondary N) is 1. The zero-order chi connectivity index (χ0) is 10.9. The summed E-state index contributed by atoms with van der Waals surface area (Å²) in [4.78, 5) is 0. The number of allylic oxidation sites excluding steroid dienone is 2. The average Bonchev–Trinajstić information content (AvgIpc) is 2.15. The summed E-state index contributed by atoms with van der Waals surface area (Å²) in [6.45, 7) is 4.13. The second-order valence-corrected chi connectivity index (χ2v) is 5.76. The van der Waals surface area contributed by atoms with Gasteiger partial charge in [0.1, 0.15) is 0 Å². The maximum absolute atomic E-state index is 12.1. The van der Waals surface area contributed by atoms with Crippen LogP contribution in [-0.2, 0) is 13.6 Å². The maximum Gasteiger partial charge on any atom is 0.406 e. The molecule has 4 nitrogen and oxygen atoms in total. The second-order valence-electron chi connectivity index (χ2n) is 4.04. The van der Waals surface area contributed by atoms with Crippen LogP contribution >= 0.6 is 7.75 Å². The van der Waals surface area contributed by atoms with E-state index < -0.39 is 7.75 Å². The molecule has 0 aromatic carbocycles. The van der Waals surface area contributed by atoms with Crippen molar-refractivity contribution in [2.45, 2.75) is 26.0 Å². The largest absolute Gasteiger partial charge is 0.406 e. The minimum atomic E-state index is -3.09. The first-order valence-electron chi connectivity index (χ1n) is 5.15. The van der Waals surface area contributed by atoms with Crippen LogP contribution in [0.15, 0.2) is 24.3 Å². The molecule has 1 aliphatic heterocycles. The van der Waals surface area contributed by atoms with Gasteiger partial charge in [0.25, 0.3) is 0 Å². The lowest BCUT2D eigenvalue weighted by Crippen LogP contribution is -2.41. The van der Waals surface area contributed by atoms with Crippen molar-refractivity contribution in [2.75, 3.05) is 6.61 Å². The number of fused-ring (bicyclic) bond motifs is 1. The summed E-state index contributed by atoms with van der Waals surface area (Å²) in [5.41, 5.74) is 0. The van der Waals surface area contributed by atoms with Crippen molar-refractivity contribution >= 4 is 7.75 Å². The fraction of sp³-hybridized carbons (Fsp3) is 0.600. The molecule has 0 aromatic rings. The SMILES string of the molecule is CC(C)OP1(=O)NC2C=CC=CC2CO1. The van der Waals surface area contributed by atoms with Gasteiger partial charge in [-0.25, -0.2) is 9.65 Å². The zero-order valence-electron chi connectivity index (χ0n) is 8.92. The minimum Gasteiger partial charge on any atom is -0.296 e. The number of hydrogen-bond donors (Lipinski definition) is 1. The molecule has 1 fully saturated rings. The van der Waals surface area contributed by atoms with Crippen LogP contribution in [-0.4, -0.2) is 18.8 Å². The van der Waals surface area contributed by atoms with Gasteiger partial charge in [-0.2, -0.15) is 0 Å². The van der Waals surface area contributed by atoms with Crippen molar-refractivity contribution < 1.29 is 13.6 Å². The van der Waals surface area contributed by atoms with Gasteiger partial charge in [0.05, 0.1) is 12.7 Å². The third-order valence-corrected chi connectivity index (χ3v) is 4.15. The van der Waals surface area contributed by atoms with Gasteiger partial charge in [-0.1, -0.05) is 24.3 Å². The quantitative estimate of drug-likeness (QED) is 0.738. The highest BCUT2D eigenvalue weighted by molar-refractivity contribution is 7.51. The van der Waals surface area contributed by atoms with Gasteiger partial charge in [-0.3, -0.25) is 9.05 Å². The van der Waals surface area contributed by atoms with E-state index in [0.717, 1.165) is 0 Å². The van der Waals surface area contributed by atoms with E-state index >= 15 is 0 Å². The Morgan fingerprint density at radius 2 is 2.20 bits per heavy atom. The first kappa shape index (κ1) is 11.1. The molecule has 1 heterocycles. The summed E-state index contributed by atoms with van der Waals surface area (Å²) >= 11 is 0. The van der Waals surface area contributed by atoms with Crippen molar-refractivity contribution in [3.63, 3.8) is 0 Å². The van der Waals surface area contributed by atoms with Crippen molar-refractivity contribution in [3.05, 3.63) is 24.3 Å². The van der Waals surface area contributed by atoms with Crippen LogP contribution in [0.5, 0.6) is 0 Å². The Morgan fingerprint density at radius 1 is 1.47 bits per heavy atom. The van der Waals surface area contributed by atoms with E-state index in [1.54, 1.807) is 0 Å². The Kier molecular flexibility index (Phi) is 3.12. The Hall–Kier alpha value is -0.410. The van der Waals surface area contributed by atoms with Gasteiger partial charge >= 0.3 is 7.75 Å². The van der Waals surface area contributed by atoms with E-state index in [-0.39, 0.29) is 18.1 Å². The highest BCUT2D eigenvalue weighted by Gasteiger charge is 2.37. The van der Waals surface area contributed by atoms with Crippen LogP contribution in [0.1, 0.15) is 13.8 Å². The molecule has 0 aromatic heterocycles. The lowest BCUT2D eigenvalue weighted by Gasteiger charge is -2.35. The molecule has 0 spiro atoms. The molecule has 15 heavy (non-hydrogen) atoms. The Balaban J connectivity index is 2.05. The van der Waals surface area contributed by atoms with Gasteiger partial charge in [0, 0.05) is 12.0 Å². The molecule has 3 unspecified atom stereocenters. The molecular formula is C10H16NO3P. The summed E-state index contributed by atoms with van der Waals surface area (Å²) in [7, 11) is -3.09. The summed E-state index contributed by atoms with van der Waals surface area (Å²) in [5, 5.41) is 2.94. The smallest absolute Gasteiger partial charge is 0.296 e.